The minimum Gasteiger partial charge on any atom is -0.426 e. The molecule has 0 amide bonds. The molecule has 1 aliphatic rings. The Kier molecular flexibility index (Phi) is 4.14. The second-order valence-electron chi connectivity index (χ2n) is 6.46. The first-order valence-corrected chi connectivity index (χ1v) is 8.58. The van der Waals surface area contributed by atoms with Gasteiger partial charge >= 0.3 is 5.97 Å². The van der Waals surface area contributed by atoms with Gasteiger partial charge in [-0.1, -0.05) is 29.8 Å². The summed E-state index contributed by atoms with van der Waals surface area (Å²) in [7, 11) is 0. The Labute approximate surface area is 146 Å². The number of rotatable bonds is 3. The van der Waals surface area contributed by atoms with E-state index in [0.717, 1.165) is 42.6 Å². The number of anilines is 1. The van der Waals surface area contributed by atoms with E-state index in [4.69, 9.17) is 9.15 Å². The predicted molar refractivity (Wildman–Crippen MR) is 95.8 cm³/mol. The number of carbonyl (C=O) groups is 1. The molecule has 0 atom stereocenters. The topological polar surface area (TPSA) is 55.6 Å². The van der Waals surface area contributed by atoms with Crippen LogP contribution in [0.2, 0.25) is 0 Å². The highest BCUT2D eigenvalue weighted by atomic mass is 16.5. The third-order valence-electron chi connectivity index (χ3n) is 4.62. The molecule has 0 spiro atoms. The molecule has 4 rings (SSSR count). The summed E-state index contributed by atoms with van der Waals surface area (Å²) in [6.45, 7) is 3.48. The van der Waals surface area contributed by atoms with Crippen LogP contribution in [0.5, 0.6) is 5.75 Å². The Bertz CT molecular complexity index is 844. The number of hydrogen-bond acceptors (Lipinski definition) is 5. The van der Waals surface area contributed by atoms with Gasteiger partial charge in [-0.2, -0.15) is 4.98 Å². The molecule has 0 aliphatic carbocycles. The van der Waals surface area contributed by atoms with Crippen LogP contribution in [-0.4, -0.2) is 24.0 Å². The Morgan fingerprint density at radius 1 is 1.12 bits per heavy atom. The van der Waals surface area contributed by atoms with Crippen molar-refractivity contribution in [1.82, 2.24) is 4.98 Å². The number of nitrogens with zero attached hydrogens (tertiary/aromatic N) is 2. The summed E-state index contributed by atoms with van der Waals surface area (Å²) in [5, 5.41) is 0. The van der Waals surface area contributed by atoms with Gasteiger partial charge in [0.1, 0.15) is 11.3 Å². The maximum absolute atomic E-state index is 12.4. The molecule has 0 radical (unpaired) electrons. The van der Waals surface area contributed by atoms with Gasteiger partial charge in [-0.3, -0.25) is 4.79 Å². The Balaban J connectivity index is 1.37. The maximum Gasteiger partial charge on any atom is 0.314 e. The van der Waals surface area contributed by atoms with Crippen molar-refractivity contribution in [3.05, 3.63) is 54.1 Å². The monoisotopic (exact) mass is 336 g/mol. The van der Waals surface area contributed by atoms with Crippen LogP contribution < -0.4 is 9.64 Å². The van der Waals surface area contributed by atoms with Crippen molar-refractivity contribution in [3.63, 3.8) is 0 Å². The van der Waals surface area contributed by atoms with Crippen molar-refractivity contribution in [3.8, 4) is 5.75 Å². The first-order chi connectivity index (χ1) is 12.2. The van der Waals surface area contributed by atoms with Crippen LogP contribution in [0.3, 0.4) is 0 Å². The van der Waals surface area contributed by atoms with Crippen LogP contribution in [0, 0.1) is 12.8 Å². The van der Waals surface area contributed by atoms with Gasteiger partial charge in [0.25, 0.3) is 6.01 Å². The first kappa shape index (κ1) is 15.7. The van der Waals surface area contributed by atoms with E-state index in [1.54, 1.807) is 0 Å². The number of para-hydroxylation sites is 2. The lowest BCUT2D eigenvalue weighted by molar-refractivity contribution is -0.139. The van der Waals surface area contributed by atoms with E-state index < -0.39 is 0 Å². The van der Waals surface area contributed by atoms with E-state index in [1.165, 1.54) is 0 Å². The van der Waals surface area contributed by atoms with Crippen LogP contribution in [0.4, 0.5) is 6.01 Å². The highest BCUT2D eigenvalue weighted by Gasteiger charge is 2.28. The number of fused-ring (bicyclic) bond motifs is 1. The molecular formula is C20H20N2O3. The molecule has 1 fully saturated rings. The molecule has 2 heterocycles. The normalized spacial score (nSPS) is 15.5. The number of hydrogen-bond donors (Lipinski definition) is 0. The van der Waals surface area contributed by atoms with Gasteiger partial charge in [0, 0.05) is 13.1 Å². The fourth-order valence-electron chi connectivity index (χ4n) is 3.11. The van der Waals surface area contributed by atoms with E-state index in [-0.39, 0.29) is 11.9 Å². The molecular weight excluding hydrogens is 316 g/mol. The van der Waals surface area contributed by atoms with Crippen molar-refractivity contribution < 1.29 is 13.9 Å². The second-order valence-corrected chi connectivity index (χ2v) is 6.46. The summed E-state index contributed by atoms with van der Waals surface area (Å²) >= 11 is 0. The van der Waals surface area contributed by atoms with Crippen LogP contribution in [0.15, 0.2) is 52.9 Å². The van der Waals surface area contributed by atoms with Crippen molar-refractivity contribution in [1.29, 1.82) is 0 Å². The lowest BCUT2D eigenvalue weighted by Gasteiger charge is -2.29. The third kappa shape index (κ3) is 3.36. The van der Waals surface area contributed by atoms with Gasteiger partial charge in [0.15, 0.2) is 5.58 Å². The molecule has 2 aromatic carbocycles. The number of aryl methyl sites for hydroxylation is 1. The summed E-state index contributed by atoms with van der Waals surface area (Å²) in [4.78, 5) is 19.0. The van der Waals surface area contributed by atoms with Gasteiger partial charge in [-0.15, -0.1) is 0 Å². The Hall–Kier alpha value is -2.82. The molecule has 3 aromatic rings. The Morgan fingerprint density at radius 3 is 2.56 bits per heavy atom. The van der Waals surface area contributed by atoms with E-state index in [9.17, 15) is 4.79 Å². The molecule has 128 valence electrons. The third-order valence-corrected chi connectivity index (χ3v) is 4.62. The molecule has 0 bridgehead atoms. The lowest BCUT2D eigenvalue weighted by atomic mass is 9.97. The maximum atomic E-state index is 12.4. The van der Waals surface area contributed by atoms with Gasteiger partial charge < -0.3 is 14.1 Å². The van der Waals surface area contributed by atoms with E-state index in [0.29, 0.717) is 11.8 Å². The molecule has 0 saturated carbocycles. The fraction of sp³-hybridized carbons (Fsp3) is 0.300. The van der Waals surface area contributed by atoms with Gasteiger partial charge in [0.05, 0.1) is 5.92 Å². The summed E-state index contributed by atoms with van der Waals surface area (Å²) in [5.41, 5.74) is 2.79. The lowest BCUT2D eigenvalue weighted by Crippen LogP contribution is -2.37. The van der Waals surface area contributed by atoms with Crippen LogP contribution in [0.1, 0.15) is 18.4 Å². The number of benzene rings is 2. The van der Waals surface area contributed by atoms with Crippen LogP contribution in [-0.2, 0) is 4.79 Å². The molecule has 1 saturated heterocycles. The smallest absolute Gasteiger partial charge is 0.314 e. The summed E-state index contributed by atoms with van der Waals surface area (Å²) in [6.07, 6.45) is 1.48. The highest BCUT2D eigenvalue weighted by molar-refractivity contribution is 5.76. The summed E-state index contributed by atoms with van der Waals surface area (Å²) in [6, 6.07) is 15.9. The average Bonchev–Trinajstić information content (AvgIpc) is 3.08. The SMILES string of the molecule is Cc1ccc(OC(=O)C2CCN(c3nc4ccccc4o3)CC2)cc1. The zero-order chi connectivity index (χ0) is 17.2. The van der Waals surface area contributed by atoms with E-state index >= 15 is 0 Å². The van der Waals surface area contributed by atoms with Gasteiger partial charge in [-0.05, 0) is 44.0 Å². The number of carbonyl (C=O) groups excluding carboxylic acids is 1. The number of oxazole rings is 1. The zero-order valence-corrected chi connectivity index (χ0v) is 14.1. The van der Waals surface area contributed by atoms with Crippen molar-refractivity contribution in [2.45, 2.75) is 19.8 Å². The zero-order valence-electron chi connectivity index (χ0n) is 14.1. The molecule has 25 heavy (non-hydrogen) atoms. The molecule has 1 aliphatic heterocycles. The van der Waals surface area contributed by atoms with Crippen LogP contribution in [0.25, 0.3) is 11.1 Å². The largest absolute Gasteiger partial charge is 0.426 e. The molecule has 1 aromatic heterocycles. The predicted octanol–water partition coefficient (Wildman–Crippen LogP) is 3.96. The number of piperidine rings is 1. The standard InChI is InChI=1S/C20H20N2O3/c1-14-6-8-16(9-7-14)24-19(23)15-10-12-22(13-11-15)20-21-17-4-2-3-5-18(17)25-20/h2-9,15H,10-13H2,1H3. The fourth-order valence-corrected chi connectivity index (χ4v) is 3.11. The first-order valence-electron chi connectivity index (χ1n) is 8.58. The molecule has 5 heteroatoms. The van der Waals surface area contributed by atoms with Gasteiger partial charge in [0.2, 0.25) is 0 Å². The molecule has 5 nitrogen and oxygen atoms in total. The summed E-state index contributed by atoms with van der Waals surface area (Å²) in [5.74, 6) is 0.375. The number of ether oxygens (including phenoxy) is 1. The Morgan fingerprint density at radius 2 is 1.84 bits per heavy atom. The molecule has 0 unspecified atom stereocenters. The van der Waals surface area contributed by atoms with Crippen molar-refractivity contribution >= 4 is 23.1 Å². The number of aromatic nitrogens is 1. The average molecular weight is 336 g/mol. The second kappa shape index (κ2) is 6.59. The minimum absolute atomic E-state index is 0.0815. The van der Waals surface area contributed by atoms with E-state index in [1.807, 2.05) is 55.5 Å². The minimum atomic E-state index is -0.152. The molecule has 0 N–H and O–H groups in total. The quantitative estimate of drug-likeness (QED) is 0.535. The van der Waals surface area contributed by atoms with Crippen molar-refractivity contribution in [2.24, 2.45) is 5.92 Å². The number of esters is 1. The van der Waals surface area contributed by atoms with E-state index in [2.05, 4.69) is 9.88 Å². The highest BCUT2D eigenvalue weighted by Crippen LogP contribution is 2.27. The van der Waals surface area contributed by atoms with Crippen molar-refractivity contribution in [2.75, 3.05) is 18.0 Å². The van der Waals surface area contributed by atoms with Gasteiger partial charge in [-0.25, -0.2) is 0 Å². The summed E-state index contributed by atoms with van der Waals surface area (Å²) < 4.78 is 11.3. The van der Waals surface area contributed by atoms with Crippen LogP contribution >= 0.6 is 0 Å².